The second kappa shape index (κ2) is 8.25. The van der Waals surface area contributed by atoms with Crippen molar-refractivity contribution in [2.75, 3.05) is 7.11 Å². The number of carbonyl (C=O) groups is 2. The summed E-state index contributed by atoms with van der Waals surface area (Å²) < 4.78 is 4.52. The zero-order valence-electron chi connectivity index (χ0n) is 13.1. The van der Waals surface area contributed by atoms with Crippen LogP contribution in [-0.2, 0) is 9.53 Å². The summed E-state index contributed by atoms with van der Waals surface area (Å²) in [5.74, 6) is -0.552. The number of esters is 1. The molecule has 0 aliphatic heterocycles. The predicted molar refractivity (Wildman–Crippen MR) is 92.0 cm³/mol. The summed E-state index contributed by atoms with van der Waals surface area (Å²) in [4.78, 5) is 23.2. The van der Waals surface area contributed by atoms with Gasteiger partial charge in [-0.25, -0.2) is 4.79 Å². The van der Waals surface area contributed by atoms with E-state index in [4.69, 9.17) is 5.26 Å². The molecule has 0 amide bonds. The van der Waals surface area contributed by atoms with Crippen molar-refractivity contribution in [2.24, 2.45) is 0 Å². The molecular weight excluding hydrogens is 302 g/mol. The maximum absolute atomic E-state index is 12.1. The van der Waals surface area contributed by atoms with Crippen molar-refractivity contribution in [3.8, 4) is 6.07 Å². The zero-order chi connectivity index (χ0) is 17.4. The van der Waals surface area contributed by atoms with Gasteiger partial charge in [-0.15, -0.1) is 0 Å². The van der Waals surface area contributed by atoms with Crippen molar-refractivity contribution in [2.45, 2.75) is 0 Å². The van der Waals surface area contributed by atoms with E-state index in [2.05, 4.69) is 4.74 Å². The first-order valence-corrected chi connectivity index (χ1v) is 7.21. The van der Waals surface area contributed by atoms with Gasteiger partial charge in [0, 0.05) is 11.6 Å². The largest absolute Gasteiger partial charge is 0.466 e. The molecule has 0 spiro atoms. The molecule has 0 aliphatic rings. The van der Waals surface area contributed by atoms with Gasteiger partial charge in [-0.3, -0.25) is 4.79 Å². The molecule has 2 rings (SSSR count). The van der Waals surface area contributed by atoms with Crippen LogP contribution in [-0.4, -0.2) is 18.9 Å². The summed E-state index contributed by atoms with van der Waals surface area (Å²) in [6.07, 6.45) is 6.13. The molecule has 118 valence electrons. The average molecular weight is 317 g/mol. The quantitative estimate of drug-likeness (QED) is 0.480. The third-order valence-electron chi connectivity index (χ3n) is 3.28. The molecular formula is C20H15NO3. The Hall–Kier alpha value is -3.45. The fraction of sp³-hybridized carbons (Fsp3) is 0.0500. The number of nitrogens with zero attached hydrogens (tertiary/aromatic N) is 1. The van der Waals surface area contributed by atoms with E-state index >= 15 is 0 Å². The standard InChI is InChI=1S/C20H15NO3/c1-24-20(23)13-9-16-6-10-18(11-7-16)19(22)12-8-15-2-4-17(14-21)5-3-15/h2-13H,1H3/b12-8+,13-9+. The monoisotopic (exact) mass is 317 g/mol. The number of ether oxygens (including phenoxy) is 1. The molecule has 4 nitrogen and oxygen atoms in total. The Kier molecular flexibility index (Phi) is 5.82. The number of hydrogen-bond donors (Lipinski definition) is 0. The highest BCUT2D eigenvalue weighted by Gasteiger charge is 2.01. The number of allylic oxidation sites excluding steroid dienone is 1. The minimum atomic E-state index is -0.430. The first-order valence-electron chi connectivity index (χ1n) is 7.21. The van der Waals surface area contributed by atoms with Crippen molar-refractivity contribution >= 4 is 23.9 Å². The van der Waals surface area contributed by atoms with Gasteiger partial charge >= 0.3 is 5.97 Å². The molecule has 0 aromatic heterocycles. The molecule has 2 aromatic rings. The van der Waals surface area contributed by atoms with Crippen LogP contribution in [0, 0.1) is 11.3 Å². The van der Waals surface area contributed by atoms with E-state index in [0.29, 0.717) is 11.1 Å². The number of benzene rings is 2. The van der Waals surface area contributed by atoms with E-state index in [9.17, 15) is 9.59 Å². The van der Waals surface area contributed by atoms with Crippen molar-refractivity contribution in [1.29, 1.82) is 5.26 Å². The Morgan fingerprint density at radius 2 is 1.46 bits per heavy atom. The van der Waals surface area contributed by atoms with Crippen molar-refractivity contribution in [3.05, 3.63) is 82.9 Å². The second-order valence-corrected chi connectivity index (χ2v) is 4.91. The van der Waals surface area contributed by atoms with Crippen LogP contribution in [0.25, 0.3) is 12.2 Å². The fourth-order valence-corrected chi connectivity index (χ4v) is 1.93. The molecule has 0 atom stereocenters. The molecule has 0 bridgehead atoms. The predicted octanol–water partition coefficient (Wildman–Crippen LogP) is 3.64. The van der Waals surface area contributed by atoms with Crippen LogP contribution in [0.3, 0.4) is 0 Å². The minimum Gasteiger partial charge on any atom is -0.466 e. The number of carbonyl (C=O) groups excluding carboxylic acids is 2. The molecule has 4 heteroatoms. The van der Waals surface area contributed by atoms with E-state index in [0.717, 1.165) is 11.1 Å². The third-order valence-corrected chi connectivity index (χ3v) is 3.28. The second-order valence-electron chi connectivity index (χ2n) is 4.91. The smallest absolute Gasteiger partial charge is 0.330 e. The van der Waals surface area contributed by atoms with Gasteiger partial charge in [0.25, 0.3) is 0 Å². The molecule has 0 aliphatic carbocycles. The Morgan fingerprint density at radius 3 is 2.00 bits per heavy atom. The molecule has 0 unspecified atom stereocenters. The molecule has 2 aromatic carbocycles. The SMILES string of the molecule is COC(=O)/C=C/c1ccc(C(=O)/C=C/c2ccc(C#N)cc2)cc1. The highest BCUT2D eigenvalue weighted by molar-refractivity contribution is 6.06. The topological polar surface area (TPSA) is 67.2 Å². The number of ketones is 1. The summed E-state index contributed by atoms with van der Waals surface area (Å²) in [5.41, 5.74) is 2.78. The summed E-state index contributed by atoms with van der Waals surface area (Å²) in [5, 5.41) is 8.75. The van der Waals surface area contributed by atoms with E-state index < -0.39 is 5.97 Å². The lowest BCUT2D eigenvalue weighted by molar-refractivity contribution is -0.134. The number of nitriles is 1. The Labute approximate surface area is 140 Å². The van der Waals surface area contributed by atoms with Gasteiger partial charge in [-0.2, -0.15) is 5.26 Å². The van der Waals surface area contributed by atoms with Gasteiger partial charge in [0.1, 0.15) is 0 Å². The minimum absolute atomic E-state index is 0.122. The van der Waals surface area contributed by atoms with Crippen molar-refractivity contribution in [3.63, 3.8) is 0 Å². The van der Waals surface area contributed by atoms with Gasteiger partial charge in [-0.1, -0.05) is 42.5 Å². The van der Waals surface area contributed by atoms with Crippen LogP contribution in [0.15, 0.2) is 60.7 Å². The van der Waals surface area contributed by atoms with Crippen LogP contribution < -0.4 is 0 Å². The van der Waals surface area contributed by atoms with Gasteiger partial charge in [0.15, 0.2) is 5.78 Å². The van der Waals surface area contributed by atoms with Crippen LogP contribution >= 0.6 is 0 Å². The summed E-state index contributed by atoms with van der Waals surface area (Å²) in [7, 11) is 1.31. The molecule has 0 heterocycles. The maximum Gasteiger partial charge on any atom is 0.330 e. The third kappa shape index (κ3) is 4.79. The van der Waals surface area contributed by atoms with Crippen LogP contribution in [0.4, 0.5) is 0 Å². The normalized spacial score (nSPS) is 10.7. The van der Waals surface area contributed by atoms with Crippen molar-refractivity contribution in [1.82, 2.24) is 0 Å². The lowest BCUT2D eigenvalue weighted by atomic mass is 10.1. The van der Waals surface area contributed by atoms with Gasteiger partial charge in [0.2, 0.25) is 0 Å². The summed E-state index contributed by atoms with van der Waals surface area (Å²) >= 11 is 0. The first-order chi connectivity index (χ1) is 11.6. The van der Waals surface area contributed by atoms with Gasteiger partial charge in [-0.05, 0) is 35.4 Å². The number of methoxy groups -OCH3 is 1. The first kappa shape index (κ1) is 16.9. The highest BCUT2D eigenvalue weighted by Crippen LogP contribution is 2.10. The summed E-state index contributed by atoms with van der Waals surface area (Å²) in [6, 6.07) is 15.9. The number of hydrogen-bond acceptors (Lipinski definition) is 4. The molecule has 0 N–H and O–H groups in total. The zero-order valence-corrected chi connectivity index (χ0v) is 13.1. The maximum atomic E-state index is 12.1. The van der Waals surface area contributed by atoms with E-state index in [1.54, 1.807) is 60.7 Å². The van der Waals surface area contributed by atoms with Gasteiger partial charge in [0.05, 0.1) is 18.7 Å². The fourth-order valence-electron chi connectivity index (χ4n) is 1.93. The lowest BCUT2D eigenvalue weighted by Crippen LogP contribution is -1.95. The van der Waals surface area contributed by atoms with Crippen LogP contribution in [0.5, 0.6) is 0 Å². The lowest BCUT2D eigenvalue weighted by Gasteiger charge is -1.98. The summed E-state index contributed by atoms with van der Waals surface area (Å²) in [6.45, 7) is 0. The molecule has 0 fully saturated rings. The van der Waals surface area contributed by atoms with Crippen molar-refractivity contribution < 1.29 is 14.3 Å². The van der Waals surface area contributed by atoms with Gasteiger partial charge < -0.3 is 4.74 Å². The Morgan fingerprint density at radius 1 is 0.917 bits per heavy atom. The van der Waals surface area contributed by atoms with E-state index in [1.165, 1.54) is 19.3 Å². The van der Waals surface area contributed by atoms with E-state index in [-0.39, 0.29) is 5.78 Å². The van der Waals surface area contributed by atoms with E-state index in [1.807, 2.05) is 6.07 Å². The Balaban J connectivity index is 2.04. The van der Waals surface area contributed by atoms with Crippen LogP contribution in [0.1, 0.15) is 27.0 Å². The highest BCUT2D eigenvalue weighted by atomic mass is 16.5. The average Bonchev–Trinajstić information content (AvgIpc) is 2.64. The molecule has 24 heavy (non-hydrogen) atoms. The Bertz CT molecular complexity index is 823. The molecule has 0 saturated carbocycles. The van der Waals surface area contributed by atoms with Crippen LogP contribution in [0.2, 0.25) is 0 Å². The molecule has 0 saturated heterocycles. The number of rotatable bonds is 5. The molecule has 0 radical (unpaired) electrons.